The summed E-state index contributed by atoms with van der Waals surface area (Å²) >= 11 is 6.96. The summed E-state index contributed by atoms with van der Waals surface area (Å²) in [6, 6.07) is 8.25. The van der Waals surface area contributed by atoms with Crippen LogP contribution in [-0.2, 0) is 0 Å². The molecule has 2 N–H and O–H groups in total. The van der Waals surface area contributed by atoms with Crippen LogP contribution in [0.5, 0.6) is 0 Å². The van der Waals surface area contributed by atoms with Gasteiger partial charge < -0.3 is 10.4 Å². The Labute approximate surface area is 117 Å². The minimum absolute atomic E-state index is 0.781. The molecule has 0 amide bonds. The van der Waals surface area contributed by atoms with Crippen molar-refractivity contribution in [3.05, 3.63) is 30.5 Å². The fraction of sp³-hybridized carbons (Fsp3) is 0.308. The summed E-state index contributed by atoms with van der Waals surface area (Å²) in [4.78, 5) is 4.42. The molecule has 18 heavy (non-hydrogen) atoms. The normalized spacial score (nSPS) is 11.1. The molecule has 2 rings (SSSR count). The van der Waals surface area contributed by atoms with Crippen LogP contribution in [0.2, 0.25) is 0 Å². The molecule has 0 radical (unpaired) electrons. The van der Waals surface area contributed by atoms with Gasteiger partial charge in [-0.05, 0) is 6.07 Å². The second-order valence-electron chi connectivity index (χ2n) is 3.87. The number of benzene rings is 1. The number of nitrogens with zero attached hydrogens (tertiary/aromatic N) is 1. The number of aromatic amines is 1. The van der Waals surface area contributed by atoms with Crippen molar-refractivity contribution in [1.82, 2.24) is 15.4 Å². The van der Waals surface area contributed by atoms with Gasteiger partial charge in [-0.15, -0.1) is 0 Å². The first-order valence-electron chi connectivity index (χ1n) is 6.04. The maximum absolute atomic E-state index is 5.37. The molecule has 3 nitrogen and oxygen atoms in total. The first kappa shape index (κ1) is 13.4. The first-order chi connectivity index (χ1) is 8.74. The largest absolute Gasteiger partial charge is 0.360 e. The Bertz CT molecular complexity index is 532. The Hall–Kier alpha value is -1.04. The van der Waals surface area contributed by atoms with Gasteiger partial charge in [-0.3, -0.25) is 0 Å². The third kappa shape index (κ3) is 3.04. The number of para-hydroxylation sites is 1. The van der Waals surface area contributed by atoms with Crippen LogP contribution in [0.15, 0.2) is 35.4 Å². The Morgan fingerprint density at radius 2 is 2.06 bits per heavy atom. The molecule has 0 atom stereocenters. The summed E-state index contributed by atoms with van der Waals surface area (Å²) in [5.74, 6) is 0. The lowest BCUT2D eigenvalue weighted by molar-refractivity contribution is 0.267. The second kappa shape index (κ2) is 6.22. The van der Waals surface area contributed by atoms with Crippen LogP contribution in [0, 0.1) is 0 Å². The second-order valence-corrected chi connectivity index (χ2v) is 5.59. The van der Waals surface area contributed by atoms with E-state index in [1.54, 1.807) is 11.8 Å². The van der Waals surface area contributed by atoms with Gasteiger partial charge >= 0.3 is 0 Å². The highest BCUT2D eigenvalue weighted by molar-refractivity contribution is 8.23. The van der Waals surface area contributed by atoms with Gasteiger partial charge in [0.15, 0.2) is 4.32 Å². The number of thioether (sulfide) groups is 1. The van der Waals surface area contributed by atoms with Gasteiger partial charge in [0.25, 0.3) is 0 Å². The minimum atomic E-state index is 0.781. The third-order valence-corrected chi connectivity index (χ3v) is 3.94. The number of H-pyrrole nitrogens is 1. The summed E-state index contributed by atoms with van der Waals surface area (Å²) in [5.41, 5.74) is 4.38. The standard InChI is InChI=1S/C13H17N3S2/c1-3-16(4-2)15-13(17)18-12-9-14-11-8-6-5-7-10(11)12/h5-9,14H,3-4H2,1-2H3,(H,15,17). The lowest BCUT2D eigenvalue weighted by Gasteiger charge is -2.20. The fourth-order valence-electron chi connectivity index (χ4n) is 1.76. The lowest BCUT2D eigenvalue weighted by atomic mass is 10.2. The number of aromatic nitrogens is 1. The molecule has 0 aliphatic heterocycles. The van der Waals surface area contributed by atoms with Crippen molar-refractivity contribution in [1.29, 1.82) is 0 Å². The van der Waals surface area contributed by atoms with Crippen molar-refractivity contribution in [3.63, 3.8) is 0 Å². The van der Waals surface area contributed by atoms with Gasteiger partial charge in [-0.25, -0.2) is 5.01 Å². The molecule has 0 aliphatic rings. The van der Waals surface area contributed by atoms with E-state index in [1.807, 2.05) is 18.3 Å². The average molecular weight is 279 g/mol. The number of hydrazine groups is 1. The molecule has 0 aliphatic carbocycles. The van der Waals surface area contributed by atoms with Gasteiger partial charge in [-0.2, -0.15) is 0 Å². The van der Waals surface area contributed by atoms with Gasteiger partial charge in [0.2, 0.25) is 0 Å². The zero-order valence-electron chi connectivity index (χ0n) is 10.6. The average Bonchev–Trinajstić information content (AvgIpc) is 2.79. The van der Waals surface area contributed by atoms with E-state index in [1.165, 1.54) is 5.39 Å². The molecular formula is C13H17N3S2. The summed E-state index contributed by atoms with van der Waals surface area (Å²) in [7, 11) is 0. The van der Waals surface area contributed by atoms with Crippen LogP contribution in [0.3, 0.4) is 0 Å². The maximum Gasteiger partial charge on any atom is 0.153 e. The number of nitrogens with one attached hydrogen (secondary N) is 2. The highest BCUT2D eigenvalue weighted by atomic mass is 32.2. The van der Waals surface area contributed by atoms with Crippen LogP contribution < -0.4 is 5.43 Å². The number of hydrogen-bond donors (Lipinski definition) is 2. The van der Waals surface area contributed by atoms with Crippen LogP contribution in [0.4, 0.5) is 0 Å². The Morgan fingerprint density at radius 3 is 2.78 bits per heavy atom. The third-order valence-electron chi connectivity index (χ3n) is 2.77. The molecule has 0 spiro atoms. The number of fused-ring (bicyclic) bond motifs is 1. The van der Waals surface area contributed by atoms with Crippen LogP contribution in [0.1, 0.15) is 13.8 Å². The molecule has 0 fully saturated rings. The summed E-state index contributed by atoms with van der Waals surface area (Å²) in [6.07, 6.45) is 2.01. The summed E-state index contributed by atoms with van der Waals surface area (Å²) in [5, 5.41) is 3.30. The molecule has 0 saturated carbocycles. The van der Waals surface area contributed by atoms with Crippen molar-refractivity contribution in [2.45, 2.75) is 18.7 Å². The highest BCUT2D eigenvalue weighted by Crippen LogP contribution is 2.28. The van der Waals surface area contributed by atoms with E-state index >= 15 is 0 Å². The van der Waals surface area contributed by atoms with E-state index in [2.05, 4.69) is 41.4 Å². The van der Waals surface area contributed by atoms with Crippen LogP contribution >= 0.6 is 24.0 Å². The first-order valence-corrected chi connectivity index (χ1v) is 7.26. The molecule has 1 heterocycles. The van der Waals surface area contributed by atoms with E-state index in [0.29, 0.717) is 0 Å². The number of hydrogen-bond acceptors (Lipinski definition) is 3. The molecule has 2 aromatic rings. The zero-order chi connectivity index (χ0) is 13.0. The van der Waals surface area contributed by atoms with Gasteiger partial charge in [-0.1, -0.05) is 56.0 Å². The van der Waals surface area contributed by atoms with E-state index in [9.17, 15) is 0 Å². The van der Waals surface area contributed by atoms with Crippen molar-refractivity contribution < 1.29 is 0 Å². The van der Waals surface area contributed by atoms with E-state index in [-0.39, 0.29) is 0 Å². The molecule has 5 heteroatoms. The van der Waals surface area contributed by atoms with Crippen molar-refractivity contribution in [3.8, 4) is 0 Å². The predicted octanol–water partition coefficient (Wildman–Crippen LogP) is 3.39. The van der Waals surface area contributed by atoms with Crippen LogP contribution in [0.25, 0.3) is 10.9 Å². The minimum Gasteiger partial charge on any atom is -0.360 e. The molecule has 0 bridgehead atoms. The maximum atomic E-state index is 5.37. The van der Waals surface area contributed by atoms with Crippen molar-refractivity contribution >= 4 is 39.2 Å². The Kier molecular flexibility index (Phi) is 4.63. The van der Waals surface area contributed by atoms with E-state index in [0.717, 1.165) is 27.8 Å². The molecular weight excluding hydrogens is 262 g/mol. The van der Waals surface area contributed by atoms with Crippen molar-refractivity contribution in [2.75, 3.05) is 13.1 Å². The molecule has 0 saturated heterocycles. The Balaban J connectivity index is 2.07. The van der Waals surface area contributed by atoms with Crippen molar-refractivity contribution in [2.24, 2.45) is 0 Å². The number of thiocarbonyl (C=S) groups is 1. The molecule has 1 aromatic carbocycles. The fourth-order valence-corrected chi connectivity index (χ4v) is 2.94. The van der Waals surface area contributed by atoms with Crippen LogP contribution in [-0.4, -0.2) is 27.4 Å². The predicted molar refractivity (Wildman–Crippen MR) is 82.8 cm³/mol. The SMILES string of the molecule is CCN(CC)NC(=S)Sc1c[nH]c2ccccc12. The zero-order valence-corrected chi connectivity index (χ0v) is 12.2. The van der Waals surface area contributed by atoms with E-state index < -0.39 is 0 Å². The van der Waals surface area contributed by atoms with Gasteiger partial charge in [0.05, 0.1) is 0 Å². The lowest BCUT2D eigenvalue weighted by Crippen LogP contribution is -2.39. The van der Waals surface area contributed by atoms with Gasteiger partial charge in [0.1, 0.15) is 0 Å². The van der Waals surface area contributed by atoms with E-state index in [4.69, 9.17) is 12.2 Å². The summed E-state index contributed by atoms with van der Waals surface area (Å²) in [6.45, 7) is 6.08. The summed E-state index contributed by atoms with van der Waals surface area (Å²) < 4.78 is 0.781. The number of rotatable bonds is 4. The molecule has 1 aromatic heterocycles. The van der Waals surface area contributed by atoms with Gasteiger partial charge in [0, 0.05) is 35.1 Å². The topological polar surface area (TPSA) is 31.1 Å². The quantitative estimate of drug-likeness (QED) is 0.510. The molecule has 0 unspecified atom stereocenters. The monoisotopic (exact) mass is 279 g/mol. The Morgan fingerprint density at radius 1 is 1.33 bits per heavy atom. The smallest absolute Gasteiger partial charge is 0.153 e. The molecule has 96 valence electrons. The highest BCUT2D eigenvalue weighted by Gasteiger charge is 2.08.